The number of benzene rings is 1. The van der Waals surface area contributed by atoms with E-state index in [1.54, 1.807) is 37.1 Å². The van der Waals surface area contributed by atoms with Gasteiger partial charge in [-0.1, -0.05) is 23.2 Å². The molecule has 6 heteroatoms. The van der Waals surface area contributed by atoms with Gasteiger partial charge in [0.25, 0.3) is 0 Å². The molecule has 4 nitrogen and oxygen atoms in total. The number of carbonyl (C=O) groups excluding carboxylic acids is 1. The number of halogens is 2. The first-order chi connectivity index (χ1) is 9.36. The Morgan fingerprint density at radius 3 is 2.65 bits per heavy atom. The van der Waals surface area contributed by atoms with Crippen LogP contribution in [0.3, 0.4) is 0 Å². The molecule has 20 heavy (non-hydrogen) atoms. The average Bonchev–Trinajstić information content (AvgIpc) is 2.37. The molecule has 1 N–H and O–H groups in total. The predicted molar refractivity (Wildman–Crippen MR) is 80.8 cm³/mol. The normalized spacial score (nSPS) is 14.3. The van der Waals surface area contributed by atoms with Crippen LogP contribution >= 0.6 is 23.2 Å². The quantitative estimate of drug-likeness (QED) is 0.784. The zero-order valence-corrected chi connectivity index (χ0v) is 13.3. The minimum Gasteiger partial charge on any atom is -0.389 e. The summed E-state index contributed by atoms with van der Waals surface area (Å²) in [6.07, 6.45) is -0.638. The molecule has 0 aliphatic rings. The zero-order valence-electron chi connectivity index (χ0n) is 11.8. The molecule has 0 amide bonds. The number of rotatable bonds is 7. The van der Waals surface area contributed by atoms with E-state index in [2.05, 4.69) is 0 Å². The number of hydrogen-bond donors (Lipinski definition) is 1. The minimum atomic E-state index is -0.638. The Morgan fingerprint density at radius 1 is 1.45 bits per heavy atom. The fraction of sp³-hybridized carbons (Fsp3) is 0.500. The van der Waals surface area contributed by atoms with E-state index in [0.29, 0.717) is 22.2 Å². The van der Waals surface area contributed by atoms with Gasteiger partial charge >= 0.3 is 0 Å². The van der Waals surface area contributed by atoms with Gasteiger partial charge in [0.1, 0.15) is 0 Å². The van der Waals surface area contributed by atoms with Crippen molar-refractivity contribution in [2.24, 2.45) is 0 Å². The molecule has 2 atom stereocenters. The average molecular weight is 320 g/mol. The molecule has 0 aliphatic carbocycles. The third-order valence-electron chi connectivity index (χ3n) is 3.09. The van der Waals surface area contributed by atoms with Crippen LogP contribution in [-0.4, -0.2) is 55.2 Å². The summed E-state index contributed by atoms with van der Waals surface area (Å²) < 4.78 is 4.86. The molecule has 0 bridgehead atoms. The Labute approximate surface area is 129 Å². The molecule has 0 fully saturated rings. The van der Waals surface area contributed by atoms with Gasteiger partial charge in [-0.25, -0.2) is 0 Å². The second-order valence-electron chi connectivity index (χ2n) is 4.71. The summed E-state index contributed by atoms with van der Waals surface area (Å²) >= 11 is 11.8. The summed E-state index contributed by atoms with van der Waals surface area (Å²) in [4.78, 5) is 14.1. The maximum atomic E-state index is 12.4. The number of carbonyl (C=O) groups is 1. The lowest BCUT2D eigenvalue weighted by Gasteiger charge is -2.26. The van der Waals surface area contributed by atoms with Crippen molar-refractivity contribution in [3.8, 4) is 0 Å². The van der Waals surface area contributed by atoms with Crippen LogP contribution in [0, 0.1) is 0 Å². The van der Waals surface area contributed by atoms with Gasteiger partial charge in [0.2, 0.25) is 0 Å². The van der Waals surface area contributed by atoms with Crippen molar-refractivity contribution in [1.82, 2.24) is 4.90 Å². The molecule has 0 saturated carbocycles. The monoisotopic (exact) mass is 319 g/mol. The number of methoxy groups -OCH3 is 1. The van der Waals surface area contributed by atoms with Gasteiger partial charge < -0.3 is 9.84 Å². The fourth-order valence-corrected chi connectivity index (χ4v) is 2.35. The summed E-state index contributed by atoms with van der Waals surface area (Å²) in [6, 6.07) is 4.39. The van der Waals surface area contributed by atoms with Gasteiger partial charge in [-0.15, -0.1) is 0 Å². The highest BCUT2D eigenvalue weighted by Crippen LogP contribution is 2.23. The van der Waals surface area contributed by atoms with Crippen LogP contribution in [0.5, 0.6) is 0 Å². The molecular weight excluding hydrogens is 301 g/mol. The molecule has 0 aliphatic heterocycles. The minimum absolute atomic E-state index is 0.112. The van der Waals surface area contributed by atoms with Gasteiger partial charge in [-0.3, -0.25) is 9.69 Å². The third-order valence-corrected chi connectivity index (χ3v) is 3.64. The molecule has 1 aromatic rings. The van der Waals surface area contributed by atoms with Crippen molar-refractivity contribution in [2.75, 3.05) is 27.3 Å². The van der Waals surface area contributed by atoms with Crippen molar-refractivity contribution < 1.29 is 14.6 Å². The lowest BCUT2D eigenvalue weighted by Crippen LogP contribution is -2.41. The first-order valence-corrected chi connectivity index (χ1v) is 6.99. The van der Waals surface area contributed by atoms with Gasteiger partial charge in [0, 0.05) is 24.2 Å². The molecule has 112 valence electrons. The van der Waals surface area contributed by atoms with Crippen LogP contribution in [-0.2, 0) is 4.74 Å². The van der Waals surface area contributed by atoms with E-state index in [1.807, 2.05) is 0 Å². The summed E-state index contributed by atoms with van der Waals surface area (Å²) in [6.45, 7) is 2.34. The van der Waals surface area contributed by atoms with E-state index in [-0.39, 0.29) is 12.4 Å². The van der Waals surface area contributed by atoms with Gasteiger partial charge in [-0.2, -0.15) is 0 Å². The topological polar surface area (TPSA) is 49.8 Å². The Hall–Kier alpha value is -0.650. The molecule has 0 heterocycles. The predicted octanol–water partition coefficient (Wildman–Crippen LogP) is 2.50. The number of ether oxygens (including phenoxy) is 1. The smallest absolute Gasteiger partial charge is 0.181 e. The third kappa shape index (κ3) is 4.72. The maximum absolute atomic E-state index is 12.4. The Morgan fingerprint density at radius 2 is 2.10 bits per heavy atom. The van der Waals surface area contributed by atoms with Crippen LogP contribution in [0.2, 0.25) is 10.0 Å². The zero-order chi connectivity index (χ0) is 15.3. The van der Waals surface area contributed by atoms with Crippen molar-refractivity contribution in [3.05, 3.63) is 33.8 Å². The van der Waals surface area contributed by atoms with E-state index in [4.69, 9.17) is 27.9 Å². The lowest BCUT2D eigenvalue weighted by molar-refractivity contribution is 0.0351. The molecular formula is C14H19Cl2NO3. The van der Waals surface area contributed by atoms with E-state index >= 15 is 0 Å². The van der Waals surface area contributed by atoms with Crippen LogP contribution in [0.1, 0.15) is 17.3 Å². The standard InChI is InChI=1S/C14H19Cl2NO3/c1-9(17(2)7-11(18)8-20-3)14(19)12-5-4-10(15)6-13(12)16/h4-6,9,11,18H,7-8H2,1-3H3. The van der Waals surface area contributed by atoms with Crippen molar-refractivity contribution in [2.45, 2.75) is 19.1 Å². The molecule has 1 aromatic carbocycles. The summed E-state index contributed by atoms with van der Waals surface area (Å²) in [7, 11) is 3.29. The van der Waals surface area contributed by atoms with Crippen molar-refractivity contribution in [1.29, 1.82) is 0 Å². The number of aliphatic hydroxyl groups is 1. The van der Waals surface area contributed by atoms with Crippen LogP contribution < -0.4 is 0 Å². The summed E-state index contributed by atoms with van der Waals surface area (Å²) in [5.74, 6) is -0.112. The number of hydrogen-bond acceptors (Lipinski definition) is 4. The molecule has 0 saturated heterocycles. The highest BCUT2D eigenvalue weighted by molar-refractivity contribution is 6.37. The van der Waals surface area contributed by atoms with Crippen molar-refractivity contribution in [3.63, 3.8) is 0 Å². The highest BCUT2D eigenvalue weighted by Gasteiger charge is 2.23. The van der Waals surface area contributed by atoms with E-state index in [0.717, 1.165) is 0 Å². The Balaban J connectivity index is 2.75. The maximum Gasteiger partial charge on any atom is 0.181 e. The van der Waals surface area contributed by atoms with Crippen LogP contribution in [0.25, 0.3) is 0 Å². The van der Waals surface area contributed by atoms with E-state index in [9.17, 15) is 9.90 Å². The Kier molecular flexibility index (Phi) is 6.92. The van der Waals surface area contributed by atoms with Crippen LogP contribution in [0.15, 0.2) is 18.2 Å². The SMILES string of the molecule is COCC(O)CN(C)C(C)C(=O)c1ccc(Cl)cc1Cl. The molecule has 0 aromatic heterocycles. The molecule has 1 rings (SSSR count). The van der Waals surface area contributed by atoms with Gasteiger partial charge in [-0.05, 0) is 32.2 Å². The summed E-state index contributed by atoms with van der Waals surface area (Å²) in [5.41, 5.74) is 0.427. The number of aliphatic hydroxyl groups excluding tert-OH is 1. The molecule has 0 radical (unpaired) electrons. The van der Waals surface area contributed by atoms with Gasteiger partial charge in [0.05, 0.1) is 23.8 Å². The number of likely N-dealkylation sites (N-methyl/N-ethyl adjacent to an activating group) is 1. The molecule has 2 unspecified atom stereocenters. The number of ketones is 1. The largest absolute Gasteiger partial charge is 0.389 e. The van der Waals surface area contributed by atoms with Crippen molar-refractivity contribution >= 4 is 29.0 Å². The van der Waals surface area contributed by atoms with E-state index in [1.165, 1.54) is 7.11 Å². The van der Waals surface area contributed by atoms with E-state index < -0.39 is 12.1 Å². The second-order valence-corrected chi connectivity index (χ2v) is 5.56. The lowest BCUT2D eigenvalue weighted by atomic mass is 10.0. The Bertz CT molecular complexity index is 468. The molecule has 0 spiro atoms. The second kappa shape index (κ2) is 7.96. The first-order valence-electron chi connectivity index (χ1n) is 6.23. The highest BCUT2D eigenvalue weighted by atomic mass is 35.5. The number of nitrogens with zero attached hydrogens (tertiary/aromatic N) is 1. The van der Waals surface area contributed by atoms with Gasteiger partial charge in [0.15, 0.2) is 5.78 Å². The van der Waals surface area contributed by atoms with Crippen LogP contribution in [0.4, 0.5) is 0 Å². The number of Topliss-reactive ketones (excluding diaryl/α,β-unsaturated/α-hetero) is 1. The summed E-state index contributed by atoms with van der Waals surface area (Å²) in [5, 5.41) is 10.5. The fourth-order valence-electron chi connectivity index (χ4n) is 1.85. The first kappa shape index (κ1) is 17.4.